The molecule has 2 rings (SSSR count). The van der Waals surface area contributed by atoms with Crippen molar-refractivity contribution in [2.75, 3.05) is 5.32 Å². The molecule has 5 heteroatoms. The van der Waals surface area contributed by atoms with Crippen molar-refractivity contribution in [3.05, 3.63) is 53.4 Å². The zero-order valence-corrected chi connectivity index (χ0v) is 10.00. The van der Waals surface area contributed by atoms with E-state index >= 15 is 0 Å². The molecule has 0 atom stereocenters. The summed E-state index contributed by atoms with van der Waals surface area (Å²) in [5.74, 6) is -2.30. The summed E-state index contributed by atoms with van der Waals surface area (Å²) in [5, 5.41) is 2.51. The highest BCUT2D eigenvalue weighted by atomic mass is 19.2. The third-order valence-electron chi connectivity index (χ3n) is 2.55. The van der Waals surface area contributed by atoms with E-state index in [-0.39, 0.29) is 11.6 Å². The van der Waals surface area contributed by atoms with Crippen LogP contribution in [0, 0.1) is 18.6 Å². The first-order valence-electron chi connectivity index (χ1n) is 5.37. The van der Waals surface area contributed by atoms with Crippen LogP contribution in [-0.4, -0.2) is 10.5 Å². The number of halogens is 2. The molecule has 0 aliphatic rings. The van der Waals surface area contributed by atoms with Gasteiger partial charge < -0.3 is 9.88 Å². The minimum Gasteiger partial charge on any atom is -0.346 e. The van der Waals surface area contributed by atoms with Gasteiger partial charge in [-0.25, -0.2) is 8.78 Å². The average Bonchev–Trinajstić information content (AvgIpc) is 2.63. The molecule has 0 saturated carbocycles. The Bertz CT molecular complexity index is 605. The molecule has 0 radical (unpaired) electrons. The number of amides is 1. The fourth-order valence-electron chi connectivity index (χ4n) is 1.72. The van der Waals surface area contributed by atoms with Crippen LogP contribution in [0.5, 0.6) is 0 Å². The Balaban J connectivity index is 2.21. The quantitative estimate of drug-likeness (QED) is 0.873. The SMILES string of the molecule is Cc1cc(C(=O)Nc2ccc(F)c(F)c2)n(C)c1. The Morgan fingerprint density at radius 1 is 1.22 bits per heavy atom. The van der Waals surface area contributed by atoms with E-state index in [0.29, 0.717) is 5.69 Å². The second kappa shape index (κ2) is 4.60. The Labute approximate surface area is 103 Å². The average molecular weight is 250 g/mol. The lowest BCUT2D eigenvalue weighted by Crippen LogP contribution is -2.15. The number of aryl methyl sites for hydroxylation is 2. The molecule has 18 heavy (non-hydrogen) atoms. The summed E-state index contributed by atoms with van der Waals surface area (Å²) in [6.45, 7) is 1.87. The topological polar surface area (TPSA) is 34.0 Å². The van der Waals surface area contributed by atoms with E-state index in [1.165, 1.54) is 6.07 Å². The summed E-state index contributed by atoms with van der Waals surface area (Å²) in [5.41, 5.74) is 1.63. The van der Waals surface area contributed by atoms with E-state index in [4.69, 9.17) is 0 Å². The fraction of sp³-hybridized carbons (Fsp3) is 0.154. The number of rotatable bonds is 2. The maximum absolute atomic E-state index is 13.0. The monoisotopic (exact) mass is 250 g/mol. The van der Waals surface area contributed by atoms with Crippen molar-refractivity contribution < 1.29 is 13.6 Å². The lowest BCUT2D eigenvalue weighted by Gasteiger charge is -2.06. The Kier molecular flexibility index (Phi) is 3.14. The van der Waals surface area contributed by atoms with E-state index < -0.39 is 11.6 Å². The summed E-state index contributed by atoms with van der Waals surface area (Å²) in [6, 6.07) is 4.95. The van der Waals surface area contributed by atoms with Crippen molar-refractivity contribution in [1.29, 1.82) is 0 Å². The van der Waals surface area contributed by atoms with Gasteiger partial charge in [0.25, 0.3) is 5.91 Å². The lowest BCUT2D eigenvalue weighted by molar-refractivity contribution is 0.101. The lowest BCUT2D eigenvalue weighted by atomic mass is 10.2. The normalized spacial score (nSPS) is 10.4. The van der Waals surface area contributed by atoms with E-state index in [2.05, 4.69) is 5.32 Å². The standard InChI is InChI=1S/C13H12F2N2O/c1-8-5-12(17(2)7-8)13(18)16-9-3-4-10(14)11(15)6-9/h3-7H,1-2H3,(H,16,18). The smallest absolute Gasteiger partial charge is 0.272 e. The number of hydrogen-bond acceptors (Lipinski definition) is 1. The molecular formula is C13H12F2N2O. The van der Waals surface area contributed by atoms with Crippen molar-refractivity contribution in [2.24, 2.45) is 7.05 Å². The maximum Gasteiger partial charge on any atom is 0.272 e. The van der Waals surface area contributed by atoms with E-state index in [1.807, 2.05) is 6.92 Å². The van der Waals surface area contributed by atoms with Crippen LogP contribution in [0.1, 0.15) is 16.1 Å². The summed E-state index contributed by atoms with van der Waals surface area (Å²) < 4.78 is 27.4. The van der Waals surface area contributed by atoms with Gasteiger partial charge in [0.2, 0.25) is 0 Å². The van der Waals surface area contributed by atoms with Crippen LogP contribution in [0.25, 0.3) is 0 Å². The largest absolute Gasteiger partial charge is 0.346 e. The predicted molar refractivity (Wildman–Crippen MR) is 64.5 cm³/mol. The zero-order valence-electron chi connectivity index (χ0n) is 10.00. The van der Waals surface area contributed by atoms with Gasteiger partial charge in [0, 0.05) is 25.0 Å². The van der Waals surface area contributed by atoms with Crippen molar-refractivity contribution in [2.45, 2.75) is 6.92 Å². The number of carbonyl (C=O) groups is 1. The zero-order chi connectivity index (χ0) is 13.3. The third-order valence-corrected chi connectivity index (χ3v) is 2.55. The molecule has 1 heterocycles. The number of hydrogen-bond donors (Lipinski definition) is 1. The molecule has 1 amide bonds. The molecule has 2 aromatic rings. The highest BCUT2D eigenvalue weighted by molar-refractivity contribution is 6.03. The molecule has 94 valence electrons. The Hall–Kier alpha value is -2.17. The number of aromatic nitrogens is 1. The number of nitrogens with zero attached hydrogens (tertiary/aromatic N) is 1. The summed E-state index contributed by atoms with van der Waals surface area (Å²) in [4.78, 5) is 11.9. The first-order chi connectivity index (χ1) is 8.47. The van der Waals surface area contributed by atoms with Crippen LogP contribution >= 0.6 is 0 Å². The van der Waals surface area contributed by atoms with Gasteiger partial charge in [0.1, 0.15) is 5.69 Å². The predicted octanol–water partition coefficient (Wildman–Crippen LogP) is 2.86. The first-order valence-corrected chi connectivity index (χ1v) is 5.37. The van der Waals surface area contributed by atoms with Gasteiger partial charge in [-0.15, -0.1) is 0 Å². The Morgan fingerprint density at radius 2 is 1.94 bits per heavy atom. The van der Waals surface area contributed by atoms with Crippen molar-refractivity contribution in [3.63, 3.8) is 0 Å². The van der Waals surface area contributed by atoms with Crippen molar-refractivity contribution >= 4 is 11.6 Å². The fourth-order valence-corrected chi connectivity index (χ4v) is 1.72. The second-order valence-electron chi connectivity index (χ2n) is 4.10. The molecule has 3 nitrogen and oxygen atoms in total. The highest BCUT2D eigenvalue weighted by Gasteiger charge is 2.11. The van der Waals surface area contributed by atoms with Gasteiger partial charge in [0.15, 0.2) is 11.6 Å². The molecular weight excluding hydrogens is 238 g/mol. The molecule has 0 fully saturated rings. The Morgan fingerprint density at radius 3 is 2.50 bits per heavy atom. The van der Waals surface area contributed by atoms with Crippen LogP contribution in [0.3, 0.4) is 0 Å². The number of anilines is 1. The second-order valence-corrected chi connectivity index (χ2v) is 4.10. The van der Waals surface area contributed by atoms with Crippen LogP contribution in [0.15, 0.2) is 30.5 Å². The molecule has 1 N–H and O–H groups in total. The summed E-state index contributed by atoms with van der Waals surface area (Å²) in [7, 11) is 1.74. The van der Waals surface area contributed by atoms with Gasteiger partial charge in [-0.1, -0.05) is 0 Å². The van der Waals surface area contributed by atoms with E-state index in [9.17, 15) is 13.6 Å². The van der Waals surface area contributed by atoms with Gasteiger partial charge >= 0.3 is 0 Å². The molecule has 0 unspecified atom stereocenters. The molecule has 1 aromatic heterocycles. The van der Waals surface area contributed by atoms with E-state index in [0.717, 1.165) is 17.7 Å². The van der Waals surface area contributed by atoms with Gasteiger partial charge in [0.05, 0.1) is 0 Å². The van der Waals surface area contributed by atoms with Crippen LogP contribution in [0.4, 0.5) is 14.5 Å². The van der Waals surface area contributed by atoms with Gasteiger partial charge in [-0.2, -0.15) is 0 Å². The number of benzene rings is 1. The van der Waals surface area contributed by atoms with Gasteiger partial charge in [-0.05, 0) is 30.7 Å². The molecule has 0 bridgehead atoms. The van der Waals surface area contributed by atoms with Crippen molar-refractivity contribution in [3.8, 4) is 0 Å². The molecule has 0 saturated heterocycles. The first kappa shape index (κ1) is 12.3. The number of nitrogens with one attached hydrogen (secondary N) is 1. The van der Waals surface area contributed by atoms with Crippen LogP contribution in [-0.2, 0) is 7.05 Å². The van der Waals surface area contributed by atoms with Crippen molar-refractivity contribution in [1.82, 2.24) is 4.57 Å². The molecule has 0 spiro atoms. The van der Waals surface area contributed by atoms with Gasteiger partial charge in [-0.3, -0.25) is 4.79 Å². The minimum absolute atomic E-state index is 0.220. The van der Waals surface area contributed by atoms with Crippen LogP contribution < -0.4 is 5.32 Å². The molecule has 0 aliphatic heterocycles. The summed E-state index contributed by atoms with van der Waals surface area (Å²) >= 11 is 0. The molecule has 1 aromatic carbocycles. The minimum atomic E-state index is -0.990. The summed E-state index contributed by atoms with van der Waals surface area (Å²) in [6.07, 6.45) is 1.81. The molecule has 0 aliphatic carbocycles. The maximum atomic E-state index is 13.0. The number of carbonyl (C=O) groups excluding carboxylic acids is 1. The van der Waals surface area contributed by atoms with E-state index in [1.54, 1.807) is 23.9 Å². The van der Waals surface area contributed by atoms with Crippen LogP contribution in [0.2, 0.25) is 0 Å². The highest BCUT2D eigenvalue weighted by Crippen LogP contribution is 2.15. The third kappa shape index (κ3) is 2.40.